The highest BCUT2D eigenvalue weighted by Gasteiger charge is 2.17. The second-order valence-electron chi connectivity index (χ2n) is 2.17. The zero-order valence-corrected chi connectivity index (χ0v) is 7.03. The van der Waals surface area contributed by atoms with Gasteiger partial charge in [0, 0.05) is 7.11 Å². The van der Waals surface area contributed by atoms with Gasteiger partial charge in [-0.05, 0) is 13.3 Å². The molecule has 0 aromatic carbocycles. The summed E-state index contributed by atoms with van der Waals surface area (Å²) in [6.07, 6.45) is -0.774. The van der Waals surface area contributed by atoms with Gasteiger partial charge in [0.25, 0.3) is 0 Å². The van der Waals surface area contributed by atoms with Gasteiger partial charge in [0.05, 0.1) is 0 Å². The van der Waals surface area contributed by atoms with E-state index in [9.17, 15) is 4.79 Å². The Morgan fingerprint density at radius 2 is 2.18 bits per heavy atom. The first-order valence-corrected chi connectivity index (χ1v) is 3.52. The molecule has 4 heteroatoms. The van der Waals surface area contributed by atoms with Crippen LogP contribution in [0.25, 0.3) is 0 Å². The lowest BCUT2D eigenvalue weighted by Gasteiger charge is -2.16. The van der Waals surface area contributed by atoms with Crippen molar-refractivity contribution >= 4 is 5.97 Å². The van der Waals surface area contributed by atoms with Gasteiger partial charge in [-0.1, -0.05) is 6.92 Å². The molecule has 0 aliphatic carbocycles. The fourth-order valence-corrected chi connectivity index (χ4v) is 0.616. The van der Waals surface area contributed by atoms with E-state index in [1.54, 1.807) is 13.8 Å². The van der Waals surface area contributed by atoms with Gasteiger partial charge in [0.2, 0.25) is 0 Å². The summed E-state index contributed by atoms with van der Waals surface area (Å²) in [4.78, 5) is 10.4. The van der Waals surface area contributed by atoms with Crippen LogP contribution >= 0.6 is 0 Å². The van der Waals surface area contributed by atoms with E-state index in [1.807, 2.05) is 0 Å². The predicted molar refractivity (Wildman–Crippen MR) is 39.3 cm³/mol. The quantitative estimate of drug-likeness (QED) is 0.609. The Morgan fingerprint density at radius 3 is 2.45 bits per heavy atom. The topological polar surface area (TPSA) is 55.8 Å². The first-order chi connectivity index (χ1) is 5.11. The van der Waals surface area contributed by atoms with Gasteiger partial charge in [0.1, 0.15) is 0 Å². The minimum Gasteiger partial charge on any atom is -0.479 e. The molecule has 2 unspecified atom stereocenters. The summed E-state index contributed by atoms with van der Waals surface area (Å²) in [7, 11) is 1.47. The number of rotatable bonds is 5. The van der Waals surface area contributed by atoms with Crippen molar-refractivity contribution in [2.45, 2.75) is 32.7 Å². The summed E-state index contributed by atoms with van der Waals surface area (Å²) in [5.41, 5.74) is 0. The van der Waals surface area contributed by atoms with E-state index in [2.05, 4.69) is 0 Å². The van der Waals surface area contributed by atoms with Crippen LogP contribution in [0.2, 0.25) is 0 Å². The van der Waals surface area contributed by atoms with E-state index in [0.717, 1.165) is 0 Å². The molecular formula is C7H14O4. The maximum Gasteiger partial charge on any atom is 0.332 e. The van der Waals surface area contributed by atoms with E-state index in [1.165, 1.54) is 7.11 Å². The number of carboxylic acid groups (broad SMARTS) is 1. The molecule has 1 N–H and O–H groups in total. The van der Waals surface area contributed by atoms with Crippen LogP contribution in [0, 0.1) is 0 Å². The van der Waals surface area contributed by atoms with Crippen molar-refractivity contribution < 1.29 is 19.4 Å². The zero-order chi connectivity index (χ0) is 8.85. The molecule has 0 aliphatic heterocycles. The van der Waals surface area contributed by atoms with Crippen LogP contribution in [0.4, 0.5) is 0 Å². The lowest BCUT2D eigenvalue weighted by atomic mass is 10.3. The lowest BCUT2D eigenvalue weighted by Crippen LogP contribution is -2.28. The Hall–Kier alpha value is -0.610. The third-order valence-electron chi connectivity index (χ3n) is 1.33. The van der Waals surface area contributed by atoms with Gasteiger partial charge in [-0.25, -0.2) is 4.79 Å². The normalized spacial score (nSPS) is 15.9. The average molecular weight is 162 g/mol. The highest BCUT2D eigenvalue weighted by atomic mass is 16.7. The SMILES string of the molecule is CCC(OC(C)OC)C(=O)O. The average Bonchev–Trinajstić information content (AvgIpc) is 1.99. The molecule has 0 bridgehead atoms. The largest absolute Gasteiger partial charge is 0.479 e. The molecule has 4 nitrogen and oxygen atoms in total. The minimum absolute atomic E-state index is 0.447. The summed E-state index contributed by atoms with van der Waals surface area (Å²) < 4.78 is 9.74. The maximum absolute atomic E-state index is 10.4. The molecule has 0 spiro atoms. The monoisotopic (exact) mass is 162 g/mol. The summed E-state index contributed by atoms with van der Waals surface area (Å²) in [6.45, 7) is 3.41. The van der Waals surface area contributed by atoms with E-state index >= 15 is 0 Å². The molecule has 0 aliphatic rings. The molecule has 0 amide bonds. The number of carbonyl (C=O) groups is 1. The predicted octanol–water partition coefficient (Wildman–Crippen LogP) is 0.859. The van der Waals surface area contributed by atoms with Crippen LogP contribution in [0.3, 0.4) is 0 Å². The van der Waals surface area contributed by atoms with Gasteiger partial charge in [-0.3, -0.25) is 0 Å². The van der Waals surface area contributed by atoms with Crippen LogP contribution < -0.4 is 0 Å². The molecule has 0 saturated carbocycles. The Bertz CT molecular complexity index is 124. The molecule has 0 saturated heterocycles. The molecule has 0 radical (unpaired) electrons. The number of methoxy groups -OCH3 is 1. The van der Waals surface area contributed by atoms with E-state index in [0.29, 0.717) is 6.42 Å². The molecule has 11 heavy (non-hydrogen) atoms. The standard InChI is InChI=1S/C7H14O4/c1-4-6(7(8)9)11-5(2)10-3/h5-6H,4H2,1-3H3,(H,8,9). The lowest BCUT2D eigenvalue weighted by molar-refractivity contribution is -0.177. The van der Waals surface area contributed by atoms with Crippen LogP contribution in [0.1, 0.15) is 20.3 Å². The Labute approximate surface area is 66.1 Å². The van der Waals surface area contributed by atoms with Crippen molar-refractivity contribution in [3.63, 3.8) is 0 Å². The third kappa shape index (κ3) is 3.95. The number of hydrogen-bond acceptors (Lipinski definition) is 3. The first kappa shape index (κ1) is 10.4. The summed E-state index contributed by atoms with van der Waals surface area (Å²) in [5.74, 6) is -0.948. The second kappa shape index (κ2) is 5.09. The Morgan fingerprint density at radius 1 is 1.64 bits per heavy atom. The van der Waals surface area contributed by atoms with Crippen molar-refractivity contribution in [3.8, 4) is 0 Å². The van der Waals surface area contributed by atoms with Crippen molar-refractivity contribution in [1.82, 2.24) is 0 Å². The summed E-state index contributed by atoms with van der Waals surface area (Å²) >= 11 is 0. The second-order valence-corrected chi connectivity index (χ2v) is 2.17. The van der Waals surface area contributed by atoms with E-state index < -0.39 is 18.4 Å². The smallest absolute Gasteiger partial charge is 0.332 e. The zero-order valence-electron chi connectivity index (χ0n) is 7.03. The highest BCUT2D eigenvalue weighted by molar-refractivity contribution is 5.72. The number of ether oxygens (including phenoxy) is 2. The Kier molecular flexibility index (Phi) is 4.81. The van der Waals surface area contributed by atoms with Gasteiger partial charge < -0.3 is 14.6 Å². The van der Waals surface area contributed by atoms with Crippen LogP contribution in [-0.2, 0) is 14.3 Å². The third-order valence-corrected chi connectivity index (χ3v) is 1.33. The minimum atomic E-state index is -0.948. The number of carboxylic acids is 1. The van der Waals surface area contributed by atoms with Gasteiger partial charge >= 0.3 is 5.97 Å². The molecule has 0 heterocycles. The number of aliphatic carboxylic acids is 1. The molecule has 66 valence electrons. The van der Waals surface area contributed by atoms with Crippen LogP contribution in [0.5, 0.6) is 0 Å². The van der Waals surface area contributed by atoms with Gasteiger partial charge in [-0.15, -0.1) is 0 Å². The Balaban J connectivity index is 3.77. The van der Waals surface area contributed by atoms with E-state index in [-0.39, 0.29) is 0 Å². The van der Waals surface area contributed by atoms with Gasteiger partial charge in [0.15, 0.2) is 12.4 Å². The summed E-state index contributed by atoms with van der Waals surface area (Å²) in [5, 5.41) is 8.54. The van der Waals surface area contributed by atoms with Crippen molar-refractivity contribution in [1.29, 1.82) is 0 Å². The van der Waals surface area contributed by atoms with Crippen molar-refractivity contribution in [3.05, 3.63) is 0 Å². The first-order valence-electron chi connectivity index (χ1n) is 3.52. The van der Waals surface area contributed by atoms with Crippen molar-refractivity contribution in [2.75, 3.05) is 7.11 Å². The van der Waals surface area contributed by atoms with Crippen LogP contribution in [0.15, 0.2) is 0 Å². The molecule has 0 aromatic heterocycles. The molecule has 0 aromatic rings. The fourth-order valence-electron chi connectivity index (χ4n) is 0.616. The summed E-state index contributed by atoms with van der Waals surface area (Å²) in [6, 6.07) is 0. The van der Waals surface area contributed by atoms with Crippen LogP contribution in [-0.4, -0.2) is 30.6 Å². The molecule has 0 fully saturated rings. The molecule has 2 atom stereocenters. The van der Waals surface area contributed by atoms with Crippen molar-refractivity contribution in [2.24, 2.45) is 0 Å². The molecular weight excluding hydrogens is 148 g/mol. The maximum atomic E-state index is 10.4. The number of hydrogen-bond donors (Lipinski definition) is 1. The highest BCUT2D eigenvalue weighted by Crippen LogP contribution is 2.02. The molecule has 0 rings (SSSR count). The van der Waals surface area contributed by atoms with E-state index in [4.69, 9.17) is 14.6 Å². The fraction of sp³-hybridized carbons (Fsp3) is 0.857. The van der Waals surface area contributed by atoms with Gasteiger partial charge in [-0.2, -0.15) is 0 Å².